The first kappa shape index (κ1) is 19.5. The van der Waals surface area contributed by atoms with Crippen LogP contribution in [0.2, 0.25) is 5.02 Å². The quantitative estimate of drug-likeness (QED) is 0.755. The Hall–Kier alpha value is -2.80. The van der Waals surface area contributed by atoms with E-state index in [1.54, 1.807) is 12.1 Å². The van der Waals surface area contributed by atoms with E-state index in [0.29, 0.717) is 16.5 Å². The second-order valence-electron chi connectivity index (χ2n) is 5.47. The molecule has 2 amide bonds. The van der Waals surface area contributed by atoms with E-state index < -0.39 is 23.7 Å². The predicted molar refractivity (Wildman–Crippen MR) is 94.5 cm³/mol. The normalized spacial score (nSPS) is 11.4. The number of rotatable bonds is 6. The summed E-state index contributed by atoms with van der Waals surface area (Å²) in [6.45, 7) is 3.04. The molecule has 2 rings (SSSR count). The minimum Gasteiger partial charge on any atom is -0.482 e. The number of benzene rings is 2. The number of hydrogen-bond acceptors (Lipinski definition) is 4. The van der Waals surface area contributed by atoms with E-state index in [4.69, 9.17) is 21.1 Å². The monoisotopic (exact) mass is 380 g/mol. The van der Waals surface area contributed by atoms with Crippen molar-refractivity contribution in [2.75, 3.05) is 6.61 Å². The molecule has 0 aliphatic rings. The van der Waals surface area contributed by atoms with Gasteiger partial charge in [0, 0.05) is 0 Å². The van der Waals surface area contributed by atoms with Gasteiger partial charge in [0.05, 0.1) is 5.02 Å². The molecule has 1 atom stereocenters. The van der Waals surface area contributed by atoms with Crippen molar-refractivity contribution in [2.24, 2.45) is 0 Å². The van der Waals surface area contributed by atoms with Crippen molar-refractivity contribution in [1.82, 2.24) is 10.9 Å². The number of hydrogen-bond donors (Lipinski definition) is 2. The van der Waals surface area contributed by atoms with Gasteiger partial charge in [-0.3, -0.25) is 20.4 Å². The molecule has 0 saturated carbocycles. The molecule has 0 aliphatic carbocycles. The zero-order valence-corrected chi connectivity index (χ0v) is 15.0. The standard InChI is InChI=1S/C18H18ClFN2O4/c1-11-3-8-15(19)16(9-11)25-10-17(23)21-22-18(24)12(2)26-14-6-4-13(20)5-7-14/h3-9,12H,10H2,1-2H3,(H,21,23)(H,22,24)/t12-/m0/s1. The van der Waals surface area contributed by atoms with E-state index in [1.165, 1.54) is 31.2 Å². The number of hydrazine groups is 1. The summed E-state index contributed by atoms with van der Waals surface area (Å²) in [6, 6.07) is 10.4. The molecule has 138 valence electrons. The molecule has 2 N–H and O–H groups in total. The topological polar surface area (TPSA) is 76.7 Å². The molecule has 6 nitrogen and oxygen atoms in total. The maximum atomic E-state index is 12.8. The molecule has 0 fully saturated rings. The van der Waals surface area contributed by atoms with Crippen LogP contribution in [0.1, 0.15) is 12.5 Å². The highest BCUT2D eigenvalue weighted by molar-refractivity contribution is 6.32. The molecule has 0 bridgehead atoms. The van der Waals surface area contributed by atoms with Gasteiger partial charge in [-0.15, -0.1) is 0 Å². The first-order chi connectivity index (χ1) is 12.3. The highest BCUT2D eigenvalue weighted by Gasteiger charge is 2.15. The van der Waals surface area contributed by atoms with Crippen LogP contribution < -0.4 is 20.3 Å². The Kier molecular flexibility index (Phi) is 6.80. The number of halogens is 2. The van der Waals surface area contributed by atoms with Crippen LogP contribution in [-0.4, -0.2) is 24.5 Å². The van der Waals surface area contributed by atoms with Crippen molar-refractivity contribution < 1.29 is 23.5 Å². The average molecular weight is 381 g/mol. The van der Waals surface area contributed by atoms with Gasteiger partial charge < -0.3 is 9.47 Å². The van der Waals surface area contributed by atoms with Crippen LogP contribution >= 0.6 is 11.6 Å². The molecule has 0 aliphatic heterocycles. The Bertz CT molecular complexity index is 783. The van der Waals surface area contributed by atoms with Gasteiger partial charge in [-0.25, -0.2) is 4.39 Å². The Morgan fingerprint density at radius 1 is 1.15 bits per heavy atom. The molecule has 0 radical (unpaired) electrons. The number of amides is 2. The Labute approximate surface area is 155 Å². The lowest BCUT2D eigenvalue weighted by molar-refractivity contribution is -0.133. The average Bonchev–Trinajstić information content (AvgIpc) is 2.62. The first-order valence-corrected chi connectivity index (χ1v) is 8.13. The molecule has 0 aromatic heterocycles. The van der Waals surface area contributed by atoms with Gasteiger partial charge in [-0.05, 0) is 55.8 Å². The third kappa shape index (κ3) is 5.93. The number of aryl methyl sites for hydroxylation is 1. The molecule has 0 spiro atoms. The van der Waals surface area contributed by atoms with E-state index in [-0.39, 0.29) is 6.61 Å². The predicted octanol–water partition coefficient (Wildman–Crippen LogP) is 2.78. The molecular formula is C18H18ClFN2O4. The van der Waals surface area contributed by atoms with Gasteiger partial charge in [-0.1, -0.05) is 17.7 Å². The van der Waals surface area contributed by atoms with Crippen LogP contribution in [0.15, 0.2) is 42.5 Å². The number of carbonyl (C=O) groups excluding carboxylic acids is 2. The molecule has 0 heterocycles. The maximum Gasteiger partial charge on any atom is 0.279 e. The highest BCUT2D eigenvalue weighted by atomic mass is 35.5. The van der Waals surface area contributed by atoms with Crippen LogP contribution in [0, 0.1) is 12.7 Å². The lowest BCUT2D eigenvalue weighted by Gasteiger charge is -2.15. The van der Waals surface area contributed by atoms with Crippen molar-refractivity contribution in [3.8, 4) is 11.5 Å². The summed E-state index contributed by atoms with van der Waals surface area (Å²) in [7, 11) is 0. The maximum absolute atomic E-state index is 12.8. The lowest BCUT2D eigenvalue weighted by atomic mass is 10.2. The highest BCUT2D eigenvalue weighted by Crippen LogP contribution is 2.24. The summed E-state index contributed by atoms with van der Waals surface area (Å²) < 4.78 is 23.5. The molecule has 2 aromatic rings. The Balaban J connectivity index is 1.76. The first-order valence-electron chi connectivity index (χ1n) is 7.75. The largest absolute Gasteiger partial charge is 0.482 e. The fourth-order valence-electron chi connectivity index (χ4n) is 1.90. The Morgan fingerprint density at radius 3 is 2.54 bits per heavy atom. The van der Waals surface area contributed by atoms with Crippen molar-refractivity contribution in [2.45, 2.75) is 20.0 Å². The Morgan fingerprint density at radius 2 is 1.85 bits per heavy atom. The van der Waals surface area contributed by atoms with E-state index in [2.05, 4.69) is 10.9 Å². The molecular weight excluding hydrogens is 363 g/mol. The molecule has 26 heavy (non-hydrogen) atoms. The summed E-state index contributed by atoms with van der Waals surface area (Å²) in [4.78, 5) is 23.7. The van der Waals surface area contributed by atoms with Crippen LogP contribution in [0.3, 0.4) is 0 Å². The fourth-order valence-corrected chi connectivity index (χ4v) is 2.08. The lowest BCUT2D eigenvalue weighted by Crippen LogP contribution is -2.48. The van der Waals surface area contributed by atoms with Crippen molar-refractivity contribution in [3.63, 3.8) is 0 Å². The van der Waals surface area contributed by atoms with Crippen LogP contribution in [0.5, 0.6) is 11.5 Å². The van der Waals surface area contributed by atoms with Crippen molar-refractivity contribution in [1.29, 1.82) is 0 Å². The van der Waals surface area contributed by atoms with Gasteiger partial charge in [0.2, 0.25) is 0 Å². The molecule has 2 aromatic carbocycles. The van der Waals surface area contributed by atoms with Gasteiger partial charge in [-0.2, -0.15) is 0 Å². The number of nitrogens with one attached hydrogen (secondary N) is 2. The van der Waals surface area contributed by atoms with Crippen LogP contribution in [-0.2, 0) is 9.59 Å². The smallest absolute Gasteiger partial charge is 0.279 e. The molecule has 0 unspecified atom stereocenters. The van der Waals surface area contributed by atoms with Gasteiger partial charge in [0.1, 0.15) is 17.3 Å². The summed E-state index contributed by atoms with van der Waals surface area (Å²) in [5.74, 6) is -0.837. The van der Waals surface area contributed by atoms with Crippen molar-refractivity contribution in [3.05, 3.63) is 58.9 Å². The van der Waals surface area contributed by atoms with Crippen LogP contribution in [0.25, 0.3) is 0 Å². The van der Waals surface area contributed by atoms with Gasteiger partial charge in [0.15, 0.2) is 12.7 Å². The second kappa shape index (κ2) is 9.05. The number of ether oxygens (including phenoxy) is 2. The summed E-state index contributed by atoms with van der Waals surface area (Å²) in [5, 5.41) is 0.383. The van der Waals surface area contributed by atoms with E-state index in [9.17, 15) is 14.0 Å². The molecule has 8 heteroatoms. The van der Waals surface area contributed by atoms with Gasteiger partial charge >= 0.3 is 0 Å². The zero-order chi connectivity index (χ0) is 19.1. The summed E-state index contributed by atoms with van der Waals surface area (Å²) >= 11 is 5.97. The second-order valence-corrected chi connectivity index (χ2v) is 5.88. The zero-order valence-electron chi connectivity index (χ0n) is 14.2. The number of carbonyl (C=O) groups is 2. The van der Waals surface area contributed by atoms with E-state index in [1.807, 2.05) is 13.0 Å². The van der Waals surface area contributed by atoms with E-state index in [0.717, 1.165) is 5.56 Å². The molecule has 0 saturated heterocycles. The minimum atomic E-state index is -0.895. The van der Waals surface area contributed by atoms with Crippen molar-refractivity contribution >= 4 is 23.4 Å². The van der Waals surface area contributed by atoms with Crippen LogP contribution in [0.4, 0.5) is 4.39 Å². The van der Waals surface area contributed by atoms with Gasteiger partial charge in [0.25, 0.3) is 11.8 Å². The minimum absolute atomic E-state index is 0.323. The summed E-state index contributed by atoms with van der Waals surface area (Å²) in [5.41, 5.74) is 5.38. The SMILES string of the molecule is Cc1ccc(Cl)c(OCC(=O)NNC(=O)[C@H](C)Oc2ccc(F)cc2)c1. The third-order valence-corrected chi connectivity index (χ3v) is 3.58. The van der Waals surface area contributed by atoms with E-state index >= 15 is 0 Å². The summed E-state index contributed by atoms with van der Waals surface area (Å²) in [6.07, 6.45) is -0.895. The third-order valence-electron chi connectivity index (χ3n) is 3.27. The fraction of sp³-hybridized carbons (Fsp3) is 0.222.